The Kier molecular flexibility index (Phi) is 4.34. The molecule has 1 aromatic rings. The molecule has 4 heteroatoms. The Morgan fingerprint density at radius 3 is 2.59 bits per heavy atom. The summed E-state index contributed by atoms with van der Waals surface area (Å²) in [4.78, 5) is 0. The highest BCUT2D eigenvalue weighted by Gasteiger charge is 2.16. The first-order valence-corrected chi connectivity index (χ1v) is 5.59. The minimum absolute atomic E-state index is 0.232. The third-order valence-corrected chi connectivity index (χ3v) is 2.81. The molecule has 0 unspecified atom stereocenters. The van der Waals surface area contributed by atoms with Crippen molar-refractivity contribution in [1.82, 2.24) is 0 Å². The fourth-order valence-electron chi connectivity index (χ4n) is 1.30. The van der Waals surface area contributed by atoms with Crippen molar-refractivity contribution in [1.29, 1.82) is 0 Å². The summed E-state index contributed by atoms with van der Waals surface area (Å²) in [5.74, 6) is 0.211. The van der Waals surface area contributed by atoms with Crippen LogP contribution in [0.15, 0.2) is 12.1 Å². The number of benzene rings is 1. The molecule has 0 heterocycles. The van der Waals surface area contributed by atoms with Gasteiger partial charge in [-0.3, -0.25) is 0 Å². The fourth-order valence-corrected chi connectivity index (χ4v) is 1.30. The molecular weight excluding hydrogens is 221 g/mol. The smallest absolute Gasteiger partial charge is 0.142 e. The molecule has 1 aromatic carbocycles. The lowest BCUT2D eigenvalue weighted by Crippen LogP contribution is -2.25. The molecule has 0 atom stereocenters. The lowest BCUT2D eigenvalue weighted by molar-refractivity contribution is 0.00550. The van der Waals surface area contributed by atoms with Gasteiger partial charge in [-0.25, -0.2) is 4.39 Å². The lowest BCUT2D eigenvalue weighted by atomic mass is 10.1. The highest BCUT2D eigenvalue weighted by Crippen LogP contribution is 2.25. The monoisotopic (exact) mass is 241 g/mol. The number of hydrogen-bond acceptors (Lipinski definition) is 3. The number of methoxy groups -OCH3 is 1. The van der Waals surface area contributed by atoms with E-state index in [9.17, 15) is 4.39 Å². The van der Waals surface area contributed by atoms with Gasteiger partial charge in [-0.15, -0.1) is 0 Å². The summed E-state index contributed by atoms with van der Waals surface area (Å²) in [6.07, 6.45) is 0.735. The zero-order chi connectivity index (χ0) is 13.1. The molecule has 96 valence electrons. The molecule has 0 saturated carbocycles. The number of nitrogen functional groups attached to an aromatic ring is 1. The van der Waals surface area contributed by atoms with E-state index in [1.807, 2.05) is 13.8 Å². The number of hydrogen-bond donors (Lipinski definition) is 1. The van der Waals surface area contributed by atoms with Crippen LogP contribution in [0.2, 0.25) is 0 Å². The highest BCUT2D eigenvalue weighted by atomic mass is 19.1. The van der Waals surface area contributed by atoms with Crippen LogP contribution in [-0.2, 0) is 4.74 Å². The van der Waals surface area contributed by atoms with Gasteiger partial charge in [0.15, 0.2) is 0 Å². The third kappa shape index (κ3) is 3.89. The van der Waals surface area contributed by atoms with Crippen LogP contribution in [0.1, 0.15) is 25.8 Å². The second kappa shape index (κ2) is 5.36. The van der Waals surface area contributed by atoms with E-state index >= 15 is 0 Å². The molecule has 0 spiro atoms. The maximum atomic E-state index is 13.2. The second-order valence-corrected chi connectivity index (χ2v) is 4.70. The standard InChI is InChI=1S/C13H20FNO2/c1-9-7-12(11(15)8-10(9)14)17-6-5-13(2,3)16-4/h7-8H,5-6,15H2,1-4H3. The summed E-state index contributed by atoms with van der Waals surface area (Å²) >= 11 is 0. The predicted molar refractivity (Wildman–Crippen MR) is 66.7 cm³/mol. The van der Waals surface area contributed by atoms with Gasteiger partial charge in [0.05, 0.1) is 17.9 Å². The minimum atomic E-state index is -0.313. The van der Waals surface area contributed by atoms with Crippen molar-refractivity contribution in [3.63, 3.8) is 0 Å². The number of aryl methyl sites for hydroxylation is 1. The van der Waals surface area contributed by atoms with Crippen molar-refractivity contribution in [2.45, 2.75) is 32.8 Å². The van der Waals surface area contributed by atoms with Gasteiger partial charge >= 0.3 is 0 Å². The Hall–Kier alpha value is -1.29. The summed E-state index contributed by atoms with van der Waals surface area (Å²) in [6, 6.07) is 2.90. The molecule has 0 saturated heterocycles. The van der Waals surface area contributed by atoms with Gasteiger partial charge in [-0.1, -0.05) is 0 Å². The van der Waals surface area contributed by atoms with Gasteiger partial charge in [0.1, 0.15) is 11.6 Å². The molecule has 2 N–H and O–H groups in total. The Balaban J connectivity index is 2.61. The van der Waals surface area contributed by atoms with E-state index in [-0.39, 0.29) is 11.4 Å². The average Bonchev–Trinajstić information content (AvgIpc) is 2.25. The zero-order valence-corrected chi connectivity index (χ0v) is 10.8. The van der Waals surface area contributed by atoms with Gasteiger partial charge in [-0.05, 0) is 32.4 Å². The van der Waals surface area contributed by atoms with Gasteiger partial charge in [0.2, 0.25) is 0 Å². The Morgan fingerprint density at radius 1 is 1.35 bits per heavy atom. The molecular formula is C13H20FNO2. The maximum absolute atomic E-state index is 13.2. The first kappa shape index (κ1) is 13.8. The van der Waals surface area contributed by atoms with E-state index in [0.717, 1.165) is 6.42 Å². The molecule has 0 aliphatic rings. The van der Waals surface area contributed by atoms with E-state index < -0.39 is 0 Å². The first-order chi connectivity index (χ1) is 7.85. The molecule has 0 amide bonds. The van der Waals surface area contributed by atoms with Gasteiger partial charge < -0.3 is 15.2 Å². The van der Waals surface area contributed by atoms with Crippen LogP contribution in [0.25, 0.3) is 0 Å². The van der Waals surface area contributed by atoms with Gasteiger partial charge in [-0.2, -0.15) is 0 Å². The van der Waals surface area contributed by atoms with E-state index in [4.69, 9.17) is 15.2 Å². The van der Waals surface area contributed by atoms with E-state index in [1.54, 1.807) is 20.1 Å². The predicted octanol–water partition coefficient (Wildman–Crippen LogP) is 2.91. The molecule has 0 radical (unpaired) electrons. The number of rotatable bonds is 5. The van der Waals surface area contributed by atoms with E-state index in [1.165, 1.54) is 6.07 Å². The Bertz CT molecular complexity index is 391. The van der Waals surface area contributed by atoms with Gasteiger partial charge in [0, 0.05) is 19.6 Å². The lowest BCUT2D eigenvalue weighted by Gasteiger charge is -2.22. The van der Waals surface area contributed by atoms with Crippen molar-refractivity contribution in [3.05, 3.63) is 23.5 Å². The van der Waals surface area contributed by atoms with Crippen LogP contribution in [0.4, 0.5) is 10.1 Å². The van der Waals surface area contributed by atoms with Crippen molar-refractivity contribution < 1.29 is 13.9 Å². The Labute approximate surface area is 102 Å². The minimum Gasteiger partial charge on any atom is -0.491 e. The van der Waals surface area contributed by atoms with Crippen molar-refractivity contribution in [2.75, 3.05) is 19.5 Å². The van der Waals surface area contributed by atoms with E-state index in [2.05, 4.69) is 0 Å². The molecule has 3 nitrogen and oxygen atoms in total. The van der Waals surface area contributed by atoms with Crippen molar-refractivity contribution in [3.8, 4) is 5.75 Å². The van der Waals surface area contributed by atoms with Crippen LogP contribution >= 0.6 is 0 Å². The molecule has 17 heavy (non-hydrogen) atoms. The first-order valence-electron chi connectivity index (χ1n) is 5.59. The Morgan fingerprint density at radius 2 is 2.00 bits per heavy atom. The summed E-state index contributed by atoms with van der Waals surface area (Å²) in [7, 11) is 1.66. The SMILES string of the molecule is COC(C)(C)CCOc1cc(C)c(F)cc1N. The zero-order valence-electron chi connectivity index (χ0n) is 10.8. The number of ether oxygens (including phenoxy) is 2. The topological polar surface area (TPSA) is 44.5 Å². The van der Waals surface area contributed by atoms with Gasteiger partial charge in [0.25, 0.3) is 0 Å². The van der Waals surface area contributed by atoms with Crippen LogP contribution in [0.5, 0.6) is 5.75 Å². The van der Waals surface area contributed by atoms with Crippen molar-refractivity contribution >= 4 is 5.69 Å². The number of nitrogens with two attached hydrogens (primary N) is 1. The quantitative estimate of drug-likeness (QED) is 0.806. The normalized spacial score (nSPS) is 11.6. The molecule has 0 aliphatic carbocycles. The highest BCUT2D eigenvalue weighted by molar-refractivity contribution is 5.54. The largest absolute Gasteiger partial charge is 0.491 e. The fraction of sp³-hybridized carbons (Fsp3) is 0.538. The van der Waals surface area contributed by atoms with Crippen LogP contribution < -0.4 is 10.5 Å². The van der Waals surface area contributed by atoms with Crippen LogP contribution in [0, 0.1) is 12.7 Å². The van der Waals surface area contributed by atoms with Crippen molar-refractivity contribution in [2.24, 2.45) is 0 Å². The molecule has 1 rings (SSSR count). The molecule has 0 aromatic heterocycles. The molecule has 0 bridgehead atoms. The number of halogens is 1. The van der Waals surface area contributed by atoms with Crippen LogP contribution in [-0.4, -0.2) is 19.3 Å². The molecule has 0 fully saturated rings. The average molecular weight is 241 g/mol. The number of anilines is 1. The molecule has 0 aliphatic heterocycles. The second-order valence-electron chi connectivity index (χ2n) is 4.70. The summed E-state index contributed by atoms with van der Waals surface area (Å²) in [6.45, 7) is 6.13. The maximum Gasteiger partial charge on any atom is 0.142 e. The summed E-state index contributed by atoms with van der Waals surface area (Å²) < 4.78 is 24.0. The van der Waals surface area contributed by atoms with E-state index in [0.29, 0.717) is 23.6 Å². The third-order valence-electron chi connectivity index (χ3n) is 2.81. The summed E-state index contributed by atoms with van der Waals surface area (Å²) in [5, 5.41) is 0. The van der Waals surface area contributed by atoms with Crippen LogP contribution in [0.3, 0.4) is 0 Å². The summed E-state index contributed by atoms with van der Waals surface area (Å²) in [5.41, 5.74) is 6.29.